The van der Waals surface area contributed by atoms with Crippen LogP contribution < -0.4 is 20.2 Å². The monoisotopic (exact) mass is 846 g/mol. The highest BCUT2D eigenvalue weighted by atomic mass is 35.5. The number of pyridine rings is 1. The van der Waals surface area contributed by atoms with Gasteiger partial charge in [0, 0.05) is 84.5 Å². The van der Waals surface area contributed by atoms with Crippen molar-refractivity contribution >= 4 is 40.7 Å². The topological polar surface area (TPSA) is 148 Å². The smallest absolute Gasteiger partial charge is 0.341 e. The number of aliphatic imine (C=N–C) groups is 1. The van der Waals surface area contributed by atoms with Gasteiger partial charge in [0.15, 0.2) is 27.8 Å². The number of carbonyl (C=O) groups is 2. The lowest BCUT2D eigenvalue weighted by Gasteiger charge is -2.39. The Morgan fingerprint density at radius 2 is 1.81 bits per heavy atom. The summed E-state index contributed by atoms with van der Waals surface area (Å²) >= 11 is 7.93. The summed E-state index contributed by atoms with van der Waals surface area (Å²) in [4.78, 5) is 51.9. The molecule has 0 aliphatic carbocycles. The number of thiazole rings is 1. The van der Waals surface area contributed by atoms with Gasteiger partial charge >= 0.3 is 11.9 Å². The van der Waals surface area contributed by atoms with Crippen LogP contribution in [0.25, 0.3) is 11.3 Å². The molecule has 13 nitrogen and oxygen atoms in total. The number of rotatable bonds is 13. The number of benzene rings is 2. The number of carboxylic acids is 1. The number of amidine groups is 1. The van der Waals surface area contributed by atoms with Crippen molar-refractivity contribution in [3.63, 3.8) is 0 Å². The lowest BCUT2D eigenvalue weighted by atomic mass is 9.78. The molecule has 16 heteroatoms. The number of unbranched alkanes of at least 4 members (excludes halogenated alkanes) is 1. The first-order valence-corrected chi connectivity index (χ1v) is 20.8. The van der Waals surface area contributed by atoms with Crippen molar-refractivity contribution in [3.05, 3.63) is 108 Å². The number of fused-ring (bicyclic) bond motifs is 3. The normalized spacial score (nSPS) is 18.4. The lowest BCUT2D eigenvalue weighted by Crippen LogP contribution is -2.49. The Labute approximate surface area is 351 Å². The molecular formula is C43H48ClFN6O7S. The predicted octanol–water partition coefficient (Wildman–Crippen LogP) is 6.61. The van der Waals surface area contributed by atoms with Crippen LogP contribution in [0.1, 0.15) is 72.2 Å². The van der Waals surface area contributed by atoms with E-state index in [4.69, 9.17) is 30.8 Å². The number of piperazine rings is 1. The largest absolute Gasteiger partial charge is 0.493 e. The van der Waals surface area contributed by atoms with E-state index < -0.39 is 29.2 Å². The van der Waals surface area contributed by atoms with Crippen LogP contribution in [-0.4, -0.2) is 102 Å². The second kappa shape index (κ2) is 17.6. The molecule has 59 heavy (non-hydrogen) atoms. The molecule has 0 bridgehead atoms. The van der Waals surface area contributed by atoms with Crippen molar-refractivity contribution < 1.29 is 33.3 Å². The summed E-state index contributed by atoms with van der Waals surface area (Å²) in [5, 5.41) is 15.7. The van der Waals surface area contributed by atoms with E-state index in [1.54, 1.807) is 19.4 Å². The third-order valence-corrected chi connectivity index (χ3v) is 12.2. The molecule has 2 aromatic carbocycles. The van der Waals surface area contributed by atoms with Gasteiger partial charge in [-0.1, -0.05) is 38.4 Å². The van der Waals surface area contributed by atoms with Gasteiger partial charge in [-0.3, -0.25) is 14.7 Å². The Morgan fingerprint density at radius 3 is 2.47 bits per heavy atom. The Morgan fingerprint density at radius 1 is 1.05 bits per heavy atom. The third kappa shape index (κ3) is 9.08. The van der Waals surface area contributed by atoms with E-state index in [2.05, 4.69) is 40.9 Å². The van der Waals surface area contributed by atoms with Gasteiger partial charge in [0.1, 0.15) is 17.4 Å². The highest BCUT2D eigenvalue weighted by Crippen LogP contribution is 2.46. The van der Waals surface area contributed by atoms with E-state index in [9.17, 15) is 23.9 Å². The van der Waals surface area contributed by atoms with Gasteiger partial charge in [-0.2, -0.15) is 0 Å². The minimum atomic E-state index is -1.24. The average molecular weight is 847 g/mol. The molecule has 0 spiro atoms. The maximum Gasteiger partial charge on any atom is 0.341 e. The summed E-state index contributed by atoms with van der Waals surface area (Å²) in [7, 11) is 2.91. The van der Waals surface area contributed by atoms with Crippen LogP contribution in [0, 0.1) is 11.2 Å². The van der Waals surface area contributed by atoms with Gasteiger partial charge in [-0.25, -0.2) is 19.0 Å². The van der Waals surface area contributed by atoms with Crippen molar-refractivity contribution in [1.82, 2.24) is 24.7 Å². The van der Waals surface area contributed by atoms with E-state index in [-0.39, 0.29) is 22.0 Å². The van der Waals surface area contributed by atoms with Crippen LogP contribution in [-0.2, 0) is 16.0 Å². The van der Waals surface area contributed by atoms with E-state index in [0.29, 0.717) is 64.4 Å². The average Bonchev–Trinajstić information content (AvgIpc) is 3.75. The Hall–Kier alpha value is -5.09. The summed E-state index contributed by atoms with van der Waals surface area (Å²) < 4.78 is 33.2. The molecule has 3 aliphatic rings. The second-order valence-electron chi connectivity index (χ2n) is 16.0. The number of aromatic carboxylic acids is 1. The van der Waals surface area contributed by atoms with Crippen LogP contribution in [0.2, 0.25) is 5.02 Å². The fourth-order valence-electron chi connectivity index (χ4n) is 7.98. The number of methoxy groups -OCH3 is 2. The van der Waals surface area contributed by atoms with Crippen molar-refractivity contribution in [2.75, 3.05) is 60.1 Å². The Balaban J connectivity index is 0.971. The standard InChI is InChI=1S/C43H48ClFN6O7S/c1-43(2,3)36-19-25-18-35(34(56-4)21-28(25)32-22-33(52)29(41(53)54)23-51(32)36)58-16-7-6-11-49-12-14-50(15-13-49)24-31-37(42(55)57-5)38(27-9-8-26(45)20-30(27)44)48-39(47-31)40-46-10-17-59-40/h8-10,17-18,20-23,36,38H,6-7,11-16,19,24H2,1-5H3,(H,47,48)(H,53,54)/t36?,38-/m0/s1. The molecule has 312 valence electrons. The number of halogens is 2. The Bertz CT molecular complexity index is 2350. The Kier molecular flexibility index (Phi) is 12.6. The zero-order valence-electron chi connectivity index (χ0n) is 33.7. The minimum absolute atomic E-state index is 0.0803. The number of carboxylic acid groups (broad SMARTS) is 1. The molecule has 0 amide bonds. The molecular weight excluding hydrogens is 799 g/mol. The number of hydrogen-bond acceptors (Lipinski definition) is 12. The predicted molar refractivity (Wildman–Crippen MR) is 224 cm³/mol. The third-order valence-electron chi connectivity index (χ3n) is 11.1. The summed E-state index contributed by atoms with van der Waals surface area (Å²) in [5.41, 5.74) is 2.97. The molecule has 1 saturated heterocycles. The van der Waals surface area contributed by atoms with Crippen molar-refractivity contribution in [2.45, 2.75) is 52.1 Å². The highest BCUT2D eigenvalue weighted by molar-refractivity contribution is 7.11. The van der Waals surface area contributed by atoms with Crippen LogP contribution in [0.4, 0.5) is 4.39 Å². The van der Waals surface area contributed by atoms with Crippen molar-refractivity contribution in [3.8, 4) is 22.8 Å². The summed E-state index contributed by atoms with van der Waals surface area (Å²) in [6.45, 7) is 11.4. The number of nitrogens with zero attached hydrogens (tertiary/aromatic N) is 5. The molecule has 2 atom stereocenters. The van der Waals surface area contributed by atoms with Gasteiger partial charge < -0.3 is 34.1 Å². The second-order valence-corrected chi connectivity index (χ2v) is 17.3. The number of nitrogens with one attached hydrogen (secondary N) is 1. The molecule has 1 fully saturated rings. The minimum Gasteiger partial charge on any atom is -0.493 e. The number of carbonyl (C=O) groups excluding carboxylic acids is 1. The van der Waals surface area contributed by atoms with Gasteiger partial charge in [0.25, 0.3) is 0 Å². The van der Waals surface area contributed by atoms with Crippen LogP contribution in [0.5, 0.6) is 11.5 Å². The summed E-state index contributed by atoms with van der Waals surface area (Å²) in [5.74, 6) is -0.574. The van der Waals surface area contributed by atoms with Gasteiger partial charge in [-0.05, 0) is 61.1 Å². The van der Waals surface area contributed by atoms with Crippen LogP contribution in [0.3, 0.4) is 0 Å². The van der Waals surface area contributed by atoms with E-state index in [1.807, 2.05) is 22.1 Å². The molecule has 0 radical (unpaired) electrons. The fraction of sp³-hybridized carbons (Fsp3) is 0.419. The van der Waals surface area contributed by atoms with Crippen LogP contribution >= 0.6 is 22.9 Å². The van der Waals surface area contributed by atoms with Crippen molar-refractivity contribution in [1.29, 1.82) is 0 Å². The molecule has 0 saturated carbocycles. The van der Waals surface area contributed by atoms with E-state index in [0.717, 1.165) is 56.7 Å². The summed E-state index contributed by atoms with van der Waals surface area (Å²) in [6.07, 6.45) is 5.55. The number of esters is 1. The maximum absolute atomic E-state index is 14.0. The number of aromatic nitrogens is 2. The number of hydrogen-bond donors (Lipinski definition) is 2. The molecule has 2 aromatic heterocycles. The number of ether oxygens (including phenoxy) is 3. The van der Waals surface area contributed by atoms with E-state index in [1.165, 1.54) is 42.8 Å². The quantitative estimate of drug-likeness (QED) is 0.111. The summed E-state index contributed by atoms with van der Waals surface area (Å²) in [6, 6.07) is 8.48. The molecule has 5 heterocycles. The van der Waals surface area contributed by atoms with Gasteiger partial charge in [-0.15, -0.1) is 11.3 Å². The van der Waals surface area contributed by atoms with Gasteiger partial charge in [0.05, 0.1) is 32.1 Å². The van der Waals surface area contributed by atoms with E-state index >= 15 is 0 Å². The van der Waals surface area contributed by atoms with Crippen LogP contribution in [0.15, 0.2) is 75.2 Å². The van der Waals surface area contributed by atoms with Crippen molar-refractivity contribution in [2.24, 2.45) is 10.4 Å². The highest BCUT2D eigenvalue weighted by Gasteiger charge is 2.36. The molecule has 4 aromatic rings. The fourth-order valence-corrected chi connectivity index (χ4v) is 8.84. The SMILES string of the molecule is COC(=O)C1=C(CN2CCN(CCCCOc3cc4c(cc3OC)-c3cc(=O)c(C(=O)O)cn3C(C(C)(C)C)C4)CC2)NC(c2nccs2)=N[C@H]1c1ccc(F)cc1Cl. The van der Waals surface area contributed by atoms with Gasteiger partial charge in [0.2, 0.25) is 0 Å². The molecule has 1 unspecified atom stereocenters. The first kappa shape index (κ1) is 42.0. The lowest BCUT2D eigenvalue weighted by molar-refractivity contribution is -0.136. The zero-order valence-corrected chi connectivity index (χ0v) is 35.3. The zero-order chi connectivity index (χ0) is 42.0. The molecule has 7 rings (SSSR count). The first-order chi connectivity index (χ1) is 28.2. The molecule has 2 N–H and O–H groups in total. The maximum atomic E-state index is 14.0. The molecule has 3 aliphatic heterocycles. The first-order valence-electron chi connectivity index (χ1n) is 19.5.